The van der Waals surface area contributed by atoms with E-state index in [1.54, 1.807) is 7.11 Å². The first-order valence-corrected chi connectivity index (χ1v) is 8.66. The smallest absolute Gasteiger partial charge is 0.0696 e. The quantitative estimate of drug-likeness (QED) is 0.799. The van der Waals surface area contributed by atoms with Crippen molar-refractivity contribution < 1.29 is 4.74 Å². The molecule has 0 radical (unpaired) electrons. The van der Waals surface area contributed by atoms with E-state index in [0.29, 0.717) is 12.5 Å². The Hall–Kier alpha value is -0.860. The van der Waals surface area contributed by atoms with Crippen molar-refractivity contribution >= 4 is 0 Å². The third-order valence-electron chi connectivity index (χ3n) is 3.91. The van der Waals surface area contributed by atoms with Gasteiger partial charge in [-0.25, -0.2) is 0 Å². The summed E-state index contributed by atoms with van der Waals surface area (Å²) in [4.78, 5) is 0. The molecule has 1 aromatic rings. The van der Waals surface area contributed by atoms with Gasteiger partial charge in [-0.3, -0.25) is 0 Å². The molecule has 0 aliphatic rings. The lowest BCUT2D eigenvalue weighted by molar-refractivity contribution is 0.102. The predicted octanol–water partition coefficient (Wildman–Crippen LogP) is 5.04. The molecule has 1 aromatic carbocycles. The summed E-state index contributed by atoms with van der Waals surface area (Å²) in [6.07, 6.45) is 2.18. The number of methoxy groups -OCH3 is 1. The lowest BCUT2D eigenvalue weighted by Gasteiger charge is -2.27. The molecule has 128 valence electrons. The van der Waals surface area contributed by atoms with Crippen LogP contribution in [0.5, 0.6) is 0 Å². The molecule has 0 spiro atoms. The first kappa shape index (κ1) is 21.1. The molecule has 1 atom stereocenters. The van der Waals surface area contributed by atoms with E-state index in [0.717, 1.165) is 12.8 Å². The van der Waals surface area contributed by atoms with Crippen molar-refractivity contribution in [3.8, 4) is 0 Å². The minimum Gasteiger partial charge on any atom is -0.380 e. The number of rotatable bonds is 6. The average molecular weight is 308 g/mol. The van der Waals surface area contributed by atoms with Crippen LogP contribution in [-0.4, -0.2) is 19.8 Å². The highest BCUT2D eigenvalue weighted by atomic mass is 16.5. The SMILES string of the molecule is CC.COC(CN)CCc1cccc(C(C)(C)C)c1C(C)C. The highest BCUT2D eigenvalue weighted by Crippen LogP contribution is 2.33. The number of hydrogen-bond acceptors (Lipinski definition) is 2. The van der Waals surface area contributed by atoms with E-state index >= 15 is 0 Å². The Kier molecular flexibility index (Phi) is 9.63. The van der Waals surface area contributed by atoms with Gasteiger partial charge in [-0.05, 0) is 40.9 Å². The van der Waals surface area contributed by atoms with Crippen molar-refractivity contribution in [1.29, 1.82) is 0 Å². The van der Waals surface area contributed by atoms with Gasteiger partial charge in [-0.15, -0.1) is 0 Å². The lowest BCUT2D eigenvalue weighted by Crippen LogP contribution is -2.23. The van der Waals surface area contributed by atoms with Crippen molar-refractivity contribution in [2.24, 2.45) is 5.73 Å². The molecule has 0 heterocycles. The standard InChI is InChI=1S/C18H31NO.C2H6/c1-13(2)17-14(10-11-15(12-19)20-6)8-7-9-16(17)18(3,4)5;1-2/h7-9,13,15H,10-12,19H2,1-6H3;1-2H3. The molecule has 0 aliphatic heterocycles. The van der Waals surface area contributed by atoms with Gasteiger partial charge in [0, 0.05) is 13.7 Å². The minimum atomic E-state index is 0.160. The molecular weight excluding hydrogens is 270 g/mol. The van der Waals surface area contributed by atoms with Gasteiger partial charge < -0.3 is 10.5 Å². The topological polar surface area (TPSA) is 35.2 Å². The van der Waals surface area contributed by atoms with Crippen LogP contribution in [0.4, 0.5) is 0 Å². The fourth-order valence-corrected chi connectivity index (χ4v) is 2.82. The van der Waals surface area contributed by atoms with Crippen LogP contribution in [0.1, 0.15) is 77.5 Å². The largest absolute Gasteiger partial charge is 0.380 e. The summed E-state index contributed by atoms with van der Waals surface area (Å²) in [6.45, 7) is 16.0. The zero-order valence-corrected chi connectivity index (χ0v) is 16.0. The Balaban J connectivity index is 0.00000211. The van der Waals surface area contributed by atoms with Crippen molar-refractivity contribution in [2.45, 2.75) is 78.7 Å². The van der Waals surface area contributed by atoms with Gasteiger partial charge in [0.15, 0.2) is 0 Å². The summed E-state index contributed by atoms with van der Waals surface area (Å²) in [7, 11) is 1.74. The third-order valence-corrected chi connectivity index (χ3v) is 3.91. The number of hydrogen-bond donors (Lipinski definition) is 1. The highest BCUT2D eigenvalue weighted by molar-refractivity contribution is 5.41. The molecule has 2 nitrogen and oxygen atoms in total. The average Bonchev–Trinajstić information content (AvgIpc) is 2.49. The van der Waals surface area contributed by atoms with Crippen LogP contribution in [0, 0.1) is 0 Å². The molecule has 0 saturated heterocycles. The molecule has 2 N–H and O–H groups in total. The summed E-state index contributed by atoms with van der Waals surface area (Å²) in [5, 5.41) is 0. The Morgan fingerprint density at radius 3 is 2.14 bits per heavy atom. The van der Waals surface area contributed by atoms with Gasteiger partial charge >= 0.3 is 0 Å². The molecule has 0 bridgehead atoms. The second-order valence-corrected chi connectivity index (χ2v) is 6.92. The number of nitrogens with two attached hydrogens (primary N) is 1. The van der Waals surface area contributed by atoms with Crippen LogP contribution in [0.15, 0.2) is 18.2 Å². The van der Waals surface area contributed by atoms with E-state index in [9.17, 15) is 0 Å². The number of aryl methyl sites for hydroxylation is 1. The van der Waals surface area contributed by atoms with Gasteiger partial charge in [-0.1, -0.05) is 66.7 Å². The normalized spacial score (nSPS) is 12.8. The fourth-order valence-electron chi connectivity index (χ4n) is 2.82. The van der Waals surface area contributed by atoms with E-state index < -0.39 is 0 Å². The van der Waals surface area contributed by atoms with Crippen LogP contribution >= 0.6 is 0 Å². The maximum Gasteiger partial charge on any atom is 0.0696 e. The Morgan fingerprint density at radius 2 is 1.73 bits per heavy atom. The van der Waals surface area contributed by atoms with Crippen molar-refractivity contribution in [3.63, 3.8) is 0 Å². The molecule has 0 amide bonds. The zero-order chi connectivity index (χ0) is 17.3. The highest BCUT2D eigenvalue weighted by Gasteiger charge is 2.21. The fraction of sp³-hybridized carbons (Fsp3) is 0.700. The van der Waals surface area contributed by atoms with Crippen LogP contribution in [0.25, 0.3) is 0 Å². The first-order chi connectivity index (χ1) is 10.3. The maximum atomic E-state index is 5.72. The second-order valence-electron chi connectivity index (χ2n) is 6.92. The summed E-state index contributed by atoms with van der Waals surface area (Å²) < 4.78 is 5.39. The van der Waals surface area contributed by atoms with E-state index in [1.807, 2.05) is 13.8 Å². The molecule has 0 aromatic heterocycles. The molecule has 22 heavy (non-hydrogen) atoms. The molecule has 1 unspecified atom stereocenters. The summed E-state index contributed by atoms with van der Waals surface area (Å²) in [5.41, 5.74) is 10.3. The molecular formula is C20H37NO. The summed E-state index contributed by atoms with van der Waals surface area (Å²) in [5.74, 6) is 0.541. The Labute approximate surface area is 138 Å². The molecule has 0 fully saturated rings. The van der Waals surface area contributed by atoms with Gasteiger partial charge in [-0.2, -0.15) is 0 Å². The molecule has 2 heteroatoms. The maximum absolute atomic E-state index is 5.72. The summed E-state index contributed by atoms with van der Waals surface area (Å²) in [6, 6.07) is 6.72. The summed E-state index contributed by atoms with van der Waals surface area (Å²) >= 11 is 0. The molecule has 0 aliphatic carbocycles. The van der Waals surface area contributed by atoms with Gasteiger partial charge in [0.05, 0.1) is 6.10 Å². The van der Waals surface area contributed by atoms with Crippen molar-refractivity contribution in [2.75, 3.05) is 13.7 Å². The van der Waals surface area contributed by atoms with Gasteiger partial charge in [0.2, 0.25) is 0 Å². The molecule has 1 rings (SSSR count). The van der Waals surface area contributed by atoms with E-state index in [4.69, 9.17) is 10.5 Å². The van der Waals surface area contributed by atoms with Crippen LogP contribution in [-0.2, 0) is 16.6 Å². The van der Waals surface area contributed by atoms with Crippen LogP contribution in [0.2, 0.25) is 0 Å². The monoisotopic (exact) mass is 307 g/mol. The van der Waals surface area contributed by atoms with E-state index in [2.05, 4.69) is 52.8 Å². The third kappa shape index (κ3) is 6.10. The van der Waals surface area contributed by atoms with Gasteiger partial charge in [0.25, 0.3) is 0 Å². The number of benzene rings is 1. The van der Waals surface area contributed by atoms with Gasteiger partial charge in [0.1, 0.15) is 0 Å². The van der Waals surface area contributed by atoms with E-state index in [-0.39, 0.29) is 11.5 Å². The second kappa shape index (κ2) is 10.0. The zero-order valence-electron chi connectivity index (χ0n) is 16.0. The Bertz CT molecular complexity index is 414. The predicted molar refractivity (Wildman–Crippen MR) is 98.8 cm³/mol. The van der Waals surface area contributed by atoms with Crippen LogP contribution < -0.4 is 5.73 Å². The van der Waals surface area contributed by atoms with E-state index in [1.165, 1.54) is 16.7 Å². The van der Waals surface area contributed by atoms with Crippen LogP contribution in [0.3, 0.4) is 0 Å². The first-order valence-electron chi connectivity index (χ1n) is 8.66. The van der Waals surface area contributed by atoms with Crippen molar-refractivity contribution in [1.82, 2.24) is 0 Å². The minimum absolute atomic E-state index is 0.160. The number of ether oxygens (including phenoxy) is 1. The van der Waals surface area contributed by atoms with Crippen molar-refractivity contribution in [3.05, 3.63) is 34.9 Å². The lowest BCUT2D eigenvalue weighted by atomic mass is 9.78. The Morgan fingerprint density at radius 1 is 1.14 bits per heavy atom. The molecule has 0 saturated carbocycles.